The molecule has 0 fully saturated rings. The molecule has 0 unspecified atom stereocenters. The molecule has 0 amide bonds. The first-order chi connectivity index (χ1) is 28.6. The van der Waals surface area contributed by atoms with Crippen LogP contribution in [0.2, 0.25) is 0 Å². The van der Waals surface area contributed by atoms with E-state index in [-0.39, 0.29) is 68.4 Å². The van der Waals surface area contributed by atoms with E-state index >= 15 is 0 Å². The van der Waals surface area contributed by atoms with Crippen molar-refractivity contribution >= 4 is 43.5 Å². The quantitative estimate of drug-likeness (QED) is 0.187. The monoisotopic (exact) mass is 587 g/mol. The molecule has 0 radical (unpaired) electrons. The minimum absolute atomic E-state index is 0.00371. The molecule has 0 saturated carbocycles. The molecule has 1 heteroatoms. The lowest BCUT2D eigenvalue weighted by molar-refractivity contribution is 0.670. The first-order valence-electron chi connectivity index (χ1n) is 21.7. The summed E-state index contributed by atoms with van der Waals surface area (Å²) in [5.74, 6) is 0. The largest absolute Gasteiger partial charge is 0.455 e. The van der Waals surface area contributed by atoms with Crippen molar-refractivity contribution in [3.8, 4) is 44.5 Å². The molecule has 9 aromatic rings. The van der Waals surface area contributed by atoms with Gasteiger partial charge < -0.3 is 4.42 Å². The topological polar surface area (TPSA) is 13.1 Å². The van der Waals surface area contributed by atoms with Crippen molar-refractivity contribution in [1.29, 1.82) is 0 Å². The maximum absolute atomic E-state index is 9.77. The van der Waals surface area contributed by atoms with Crippen LogP contribution in [0.1, 0.15) is 20.6 Å². The molecule has 1 aromatic heterocycles. The second kappa shape index (κ2) is 10.4. The van der Waals surface area contributed by atoms with Crippen molar-refractivity contribution in [3.63, 3.8) is 0 Å². The molecule has 0 atom stereocenters. The molecule has 0 N–H and O–H groups in total. The standard InChI is InChI=1S/C44H28O/c1-3-13-29(14-4-1)31-17-11-18-32(27-31)42-35-19-7-9-21-37(35)43(38-22-10-8-20-36(38)42)33-25-26-41-40(28-33)39-24-12-23-34(44(39)45-41)30-15-5-2-6-16-30/h1-28H/i1D,3D,4D,11D,12D,13D,14D,17D,18D,23D,24D,25D,26D,27D,28D. The van der Waals surface area contributed by atoms with Gasteiger partial charge in [0.05, 0.1) is 20.6 Å². The predicted molar refractivity (Wildman–Crippen MR) is 190 cm³/mol. The zero-order chi connectivity index (χ0) is 42.8. The summed E-state index contributed by atoms with van der Waals surface area (Å²) in [7, 11) is 0. The Morgan fingerprint density at radius 1 is 0.378 bits per heavy atom. The average molecular weight is 588 g/mol. The third-order valence-corrected chi connectivity index (χ3v) is 7.93. The molecule has 9 rings (SSSR count). The molecule has 0 spiro atoms. The summed E-state index contributed by atoms with van der Waals surface area (Å²) in [6, 6.07) is 14.6. The fourth-order valence-corrected chi connectivity index (χ4v) is 5.99. The van der Waals surface area contributed by atoms with Crippen LogP contribution in [0.5, 0.6) is 0 Å². The van der Waals surface area contributed by atoms with Crippen LogP contribution < -0.4 is 0 Å². The first kappa shape index (κ1) is 14.7. The van der Waals surface area contributed by atoms with Gasteiger partial charge in [-0.15, -0.1) is 0 Å². The zero-order valence-corrected chi connectivity index (χ0v) is 23.4. The molecule has 0 aliphatic carbocycles. The number of fused-ring (bicyclic) bond motifs is 5. The van der Waals surface area contributed by atoms with Gasteiger partial charge >= 0.3 is 0 Å². The molecule has 210 valence electrons. The SMILES string of the molecule is [2H]c1c([2H])c([2H])c(-c2c([2H])c([2H])c([2H])c(-c3c4ccccc4c(-c4c([2H])c([2H])c5oc6c(-c7ccccc7)c([2H])c([2H])c([2H])c6c5c4[2H])c4ccccc34)c2[2H])c([2H])c1[2H]. The van der Waals surface area contributed by atoms with E-state index < -0.39 is 77.6 Å². The summed E-state index contributed by atoms with van der Waals surface area (Å²) in [5, 5.41) is 1.67. The third kappa shape index (κ3) is 4.17. The van der Waals surface area contributed by atoms with Crippen LogP contribution in [-0.4, -0.2) is 0 Å². The second-order valence-electron chi connectivity index (χ2n) is 10.5. The molecule has 1 heterocycles. The minimum atomic E-state index is -0.686. The van der Waals surface area contributed by atoms with Crippen molar-refractivity contribution < 1.29 is 25.0 Å². The van der Waals surface area contributed by atoms with E-state index in [9.17, 15) is 6.85 Å². The van der Waals surface area contributed by atoms with Crippen molar-refractivity contribution in [1.82, 2.24) is 0 Å². The predicted octanol–water partition coefficient (Wildman–Crippen LogP) is 12.6. The highest BCUT2D eigenvalue weighted by Gasteiger charge is 2.19. The highest BCUT2D eigenvalue weighted by atomic mass is 16.3. The van der Waals surface area contributed by atoms with Crippen molar-refractivity contribution in [2.45, 2.75) is 0 Å². The fraction of sp³-hybridized carbons (Fsp3) is 0. The van der Waals surface area contributed by atoms with Gasteiger partial charge in [0, 0.05) is 16.3 Å². The molecule has 0 aliphatic heterocycles. The lowest BCUT2D eigenvalue weighted by Gasteiger charge is -2.18. The van der Waals surface area contributed by atoms with Crippen LogP contribution in [0, 0.1) is 0 Å². The van der Waals surface area contributed by atoms with Crippen LogP contribution in [-0.2, 0) is 0 Å². The van der Waals surface area contributed by atoms with Gasteiger partial charge in [0.2, 0.25) is 0 Å². The van der Waals surface area contributed by atoms with E-state index in [1.807, 2.05) is 0 Å². The lowest BCUT2D eigenvalue weighted by Crippen LogP contribution is -1.91. The van der Waals surface area contributed by atoms with Crippen LogP contribution >= 0.6 is 0 Å². The van der Waals surface area contributed by atoms with E-state index in [0.29, 0.717) is 32.7 Å². The van der Waals surface area contributed by atoms with Gasteiger partial charge in [-0.3, -0.25) is 0 Å². The Morgan fingerprint density at radius 3 is 1.64 bits per heavy atom. The number of benzene rings is 8. The summed E-state index contributed by atoms with van der Waals surface area (Å²) in [4.78, 5) is 0. The maximum atomic E-state index is 9.77. The van der Waals surface area contributed by atoms with Gasteiger partial charge in [-0.05, 0) is 78.6 Å². The van der Waals surface area contributed by atoms with Crippen molar-refractivity contribution in [3.05, 3.63) is 169 Å². The van der Waals surface area contributed by atoms with E-state index in [0.717, 1.165) is 0 Å². The molecule has 45 heavy (non-hydrogen) atoms. The normalized spacial score (nSPS) is 16.2. The Labute approximate surface area is 282 Å². The van der Waals surface area contributed by atoms with E-state index in [1.165, 1.54) is 0 Å². The van der Waals surface area contributed by atoms with Crippen LogP contribution in [0.25, 0.3) is 88.0 Å². The molecule has 0 bridgehead atoms. The number of para-hydroxylation sites is 1. The summed E-state index contributed by atoms with van der Waals surface area (Å²) < 4.78 is 140. The van der Waals surface area contributed by atoms with E-state index in [4.69, 9.17) is 18.1 Å². The zero-order valence-electron chi connectivity index (χ0n) is 38.4. The van der Waals surface area contributed by atoms with Gasteiger partial charge in [0.15, 0.2) is 0 Å². The van der Waals surface area contributed by atoms with Crippen molar-refractivity contribution in [2.24, 2.45) is 0 Å². The minimum Gasteiger partial charge on any atom is -0.455 e. The molecular formula is C44H28O. The van der Waals surface area contributed by atoms with Crippen LogP contribution in [0.15, 0.2) is 174 Å². The van der Waals surface area contributed by atoms with E-state index in [2.05, 4.69) is 0 Å². The number of rotatable bonds is 4. The fourth-order valence-electron chi connectivity index (χ4n) is 5.99. The molecule has 8 aromatic carbocycles. The Balaban J connectivity index is 1.43. The van der Waals surface area contributed by atoms with Gasteiger partial charge in [0.1, 0.15) is 11.2 Å². The third-order valence-electron chi connectivity index (χ3n) is 7.93. The van der Waals surface area contributed by atoms with Gasteiger partial charge in [0.25, 0.3) is 0 Å². The van der Waals surface area contributed by atoms with E-state index in [1.54, 1.807) is 78.9 Å². The van der Waals surface area contributed by atoms with Gasteiger partial charge in [-0.25, -0.2) is 0 Å². The Kier molecular flexibility index (Phi) is 3.39. The van der Waals surface area contributed by atoms with Crippen molar-refractivity contribution in [2.75, 3.05) is 0 Å². The number of hydrogen-bond acceptors (Lipinski definition) is 1. The van der Waals surface area contributed by atoms with Gasteiger partial charge in [-0.1, -0.05) is 151 Å². The summed E-state index contributed by atoms with van der Waals surface area (Å²) in [6.45, 7) is 0. The molecule has 0 saturated heterocycles. The number of furan rings is 1. The van der Waals surface area contributed by atoms with Crippen LogP contribution in [0.3, 0.4) is 0 Å². The highest BCUT2D eigenvalue weighted by molar-refractivity contribution is 6.22. The molecule has 0 aliphatic rings. The maximum Gasteiger partial charge on any atom is 0.143 e. The Morgan fingerprint density at radius 2 is 0.956 bits per heavy atom. The average Bonchev–Trinajstić information content (AvgIpc) is 3.65. The summed E-state index contributed by atoms with van der Waals surface area (Å²) in [5.41, 5.74) is 0.198. The highest BCUT2D eigenvalue weighted by Crippen LogP contribution is 2.45. The van der Waals surface area contributed by atoms with Gasteiger partial charge in [-0.2, -0.15) is 0 Å². The lowest BCUT2D eigenvalue weighted by atomic mass is 9.85. The van der Waals surface area contributed by atoms with Crippen LogP contribution in [0.4, 0.5) is 0 Å². The molecular weight excluding hydrogens is 544 g/mol. The Hall–Kier alpha value is -5.92. The summed E-state index contributed by atoms with van der Waals surface area (Å²) >= 11 is 0. The number of hydrogen-bond donors (Lipinski definition) is 0. The second-order valence-corrected chi connectivity index (χ2v) is 10.5. The Bertz CT molecular complexity index is 3290. The molecule has 1 nitrogen and oxygen atoms in total. The summed E-state index contributed by atoms with van der Waals surface area (Å²) in [6.07, 6.45) is 0. The smallest absolute Gasteiger partial charge is 0.143 e. The first-order valence-corrected chi connectivity index (χ1v) is 14.2.